The molecule has 0 aliphatic carbocycles. The highest BCUT2D eigenvalue weighted by Gasteiger charge is 2.15. The fourth-order valence-corrected chi connectivity index (χ4v) is 2.00. The summed E-state index contributed by atoms with van der Waals surface area (Å²) in [4.78, 5) is 23.2. The quantitative estimate of drug-likeness (QED) is 0.817. The predicted molar refractivity (Wildman–Crippen MR) is 91.3 cm³/mol. The van der Waals surface area contributed by atoms with Crippen molar-refractivity contribution in [3.05, 3.63) is 54.1 Å². The second-order valence-electron chi connectivity index (χ2n) is 5.10. The number of benzene rings is 2. The Kier molecular flexibility index (Phi) is 5.78. The van der Waals surface area contributed by atoms with Gasteiger partial charge in [-0.25, -0.2) is 0 Å². The Morgan fingerprint density at radius 2 is 1.62 bits per heavy atom. The van der Waals surface area contributed by atoms with Gasteiger partial charge in [-0.15, -0.1) is 0 Å². The fourth-order valence-electron chi connectivity index (χ4n) is 2.00. The zero-order valence-electron chi connectivity index (χ0n) is 13.6. The molecule has 0 aromatic heterocycles. The second-order valence-corrected chi connectivity index (χ2v) is 5.10. The molecule has 0 aliphatic heterocycles. The topological polar surface area (TPSA) is 90.7 Å². The van der Waals surface area contributed by atoms with Gasteiger partial charge in [0.2, 0.25) is 5.91 Å². The number of carbonyl (C=O) groups is 2. The van der Waals surface area contributed by atoms with Crippen LogP contribution >= 0.6 is 0 Å². The van der Waals surface area contributed by atoms with Crippen LogP contribution in [0.4, 0.5) is 5.69 Å². The monoisotopic (exact) mass is 328 g/mol. The van der Waals surface area contributed by atoms with Gasteiger partial charge in [0.05, 0.1) is 6.61 Å². The van der Waals surface area contributed by atoms with Crippen LogP contribution in [0.2, 0.25) is 0 Å². The Bertz CT molecular complexity index is 696. The molecule has 2 aromatic rings. The Hall–Kier alpha value is -3.02. The van der Waals surface area contributed by atoms with Crippen molar-refractivity contribution >= 4 is 17.5 Å². The standard InChI is InChI=1S/C18H20N2O4/c1-3-23-15-10-6-14(7-11-15)20-18(22)12(2)24-16-8-4-13(5-9-16)17(19)21/h4-12H,3H2,1-2H3,(H2,19,21)(H,20,22)/t12-/m0/s1. The molecule has 6 nitrogen and oxygen atoms in total. The number of hydrogen-bond donors (Lipinski definition) is 2. The zero-order chi connectivity index (χ0) is 17.5. The normalized spacial score (nSPS) is 11.4. The van der Waals surface area contributed by atoms with E-state index in [9.17, 15) is 9.59 Å². The second kappa shape index (κ2) is 8.01. The largest absolute Gasteiger partial charge is 0.494 e. The van der Waals surface area contributed by atoms with Gasteiger partial charge < -0.3 is 20.5 Å². The first-order valence-corrected chi connectivity index (χ1v) is 7.60. The molecule has 1 atom stereocenters. The van der Waals surface area contributed by atoms with E-state index in [0.29, 0.717) is 23.6 Å². The third-order valence-electron chi connectivity index (χ3n) is 3.25. The van der Waals surface area contributed by atoms with Crippen LogP contribution in [0, 0.1) is 0 Å². The van der Waals surface area contributed by atoms with Crippen molar-refractivity contribution in [1.29, 1.82) is 0 Å². The highest BCUT2D eigenvalue weighted by molar-refractivity contribution is 5.94. The minimum absolute atomic E-state index is 0.280. The third-order valence-corrected chi connectivity index (χ3v) is 3.25. The number of amides is 2. The molecule has 0 heterocycles. The molecular weight excluding hydrogens is 308 g/mol. The van der Waals surface area contributed by atoms with Crippen LogP contribution in [0.15, 0.2) is 48.5 Å². The summed E-state index contributed by atoms with van der Waals surface area (Å²) >= 11 is 0. The van der Waals surface area contributed by atoms with Gasteiger partial charge in [0.25, 0.3) is 5.91 Å². The number of nitrogens with one attached hydrogen (secondary N) is 1. The van der Waals surface area contributed by atoms with E-state index in [1.165, 1.54) is 0 Å². The molecule has 3 N–H and O–H groups in total. The molecule has 0 saturated heterocycles. The summed E-state index contributed by atoms with van der Waals surface area (Å²) in [6.07, 6.45) is -0.698. The van der Waals surface area contributed by atoms with Crippen LogP contribution in [0.3, 0.4) is 0 Å². The average Bonchev–Trinajstić information content (AvgIpc) is 2.57. The maximum atomic E-state index is 12.2. The first-order chi connectivity index (χ1) is 11.5. The molecule has 6 heteroatoms. The van der Waals surface area contributed by atoms with E-state index in [2.05, 4.69) is 5.32 Å². The number of primary amides is 1. The van der Waals surface area contributed by atoms with E-state index in [1.54, 1.807) is 55.5 Å². The van der Waals surface area contributed by atoms with Gasteiger partial charge in [0, 0.05) is 11.3 Å². The van der Waals surface area contributed by atoms with Gasteiger partial charge in [-0.2, -0.15) is 0 Å². The van der Waals surface area contributed by atoms with Crippen molar-refractivity contribution in [2.24, 2.45) is 5.73 Å². The maximum absolute atomic E-state index is 12.2. The SMILES string of the molecule is CCOc1ccc(NC(=O)[C@H](C)Oc2ccc(C(N)=O)cc2)cc1. The average molecular weight is 328 g/mol. The Morgan fingerprint density at radius 1 is 1.04 bits per heavy atom. The van der Waals surface area contributed by atoms with Crippen molar-refractivity contribution in [3.63, 3.8) is 0 Å². The van der Waals surface area contributed by atoms with Crippen LogP contribution in [0.25, 0.3) is 0 Å². The Balaban J connectivity index is 1.92. The van der Waals surface area contributed by atoms with Crippen molar-refractivity contribution in [2.45, 2.75) is 20.0 Å². The van der Waals surface area contributed by atoms with Gasteiger partial charge >= 0.3 is 0 Å². The summed E-state index contributed by atoms with van der Waals surface area (Å²) < 4.78 is 10.9. The van der Waals surface area contributed by atoms with E-state index >= 15 is 0 Å². The first kappa shape index (κ1) is 17.3. The van der Waals surface area contributed by atoms with E-state index < -0.39 is 12.0 Å². The highest BCUT2D eigenvalue weighted by atomic mass is 16.5. The van der Waals surface area contributed by atoms with Crippen LogP contribution < -0.4 is 20.5 Å². The van der Waals surface area contributed by atoms with Gasteiger partial charge in [-0.05, 0) is 62.4 Å². The summed E-state index contributed by atoms with van der Waals surface area (Å²) in [5.41, 5.74) is 6.21. The van der Waals surface area contributed by atoms with Crippen molar-refractivity contribution < 1.29 is 19.1 Å². The summed E-state index contributed by atoms with van der Waals surface area (Å²) in [7, 11) is 0. The van der Waals surface area contributed by atoms with Gasteiger partial charge in [-0.1, -0.05) is 0 Å². The third kappa shape index (κ3) is 4.74. The molecule has 0 saturated carbocycles. The lowest BCUT2D eigenvalue weighted by atomic mass is 10.2. The molecular formula is C18H20N2O4. The molecule has 0 fully saturated rings. The summed E-state index contributed by atoms with van der Waals surface area (Å²) in [6.45, 7) is 4.14. The smallest absolute Gasteiger partial charge is 0.265 e. The molecule has 2 aromatic carbocycles. The minimum atomic E-state index is -0.698. The molecule has 2 amide bonds. The van der Waals surface area contributed by atoms with E-state index in [4.69, 9.17) is 15.2 Å². The molecule has 0 unspecified atom stereocenters. The van der Waals surface area contributed by atoms with Gasteiger partial charge in [0.15, 0.2) is 6.10 Å². The Morgan fingerprint density at radius 3 is 2.17 bits per heavy atom. The zero-order valence-corrected chi connectivity index (χ0v) is 13.6. The predicted octanol–water partition coefficient (Wildman–Crippen LogP) is 2.59. The molecule has 0 aliphatic rings. The summed E-state index contributed by atoms with van der Waals surface area (Å²) in [5.74, 6) is 0.435. The van der Waals surface area contributed by atoms with Crippen LogP contribution in [-0.2, 0) is 4.79 Å². The lowest BCUT2D eigenvalue weighted by Gasteiger charge is -2.15. The number of rotatable bonds is 7. The van der Waals surface area contributed by atoms with Gasteiger partial charge in [-0.3, -0.25) is 9.59 Å². The molecule has 126 valence electrons. The first-order valence-electron chi connectivity index (χ1n) is 7.60. The lowest BCUT2D eigenvalue weighted by Crippen LogP contribution is -2.30. The molecule has 0 spiro atoms. The van der Waals surface area contributed by atoms with E-state index in [-0.39, 0.29) is 5.91 Å². The molecule has 24 heavy (non-hydrogen) atoms. The van der Waals surface area contributed by atoms with E-state index in [0.717, 1.165) is 5.75 Å². The maximum Gasteiger partial charge on any atom is 0.265 e. The minimum Gasteiger partial charge on any atom is -0.494 e. The van der Waals surface area contributed by atoms with Crippen LogP contribution in [0.1, 0.15) is 24.2 Å². The lowest BCUT2D eigenvalue weighted by molar-refractivity contribution is -0.122. The summed E-state index contributed by atoms with van der Waals surface area (Å²) in [6, 6.07) is 13.4. The van der Waals surface area contributed by atoms with Crippen LogP contribution in [0.5, 0.6) is 11.5 Å². The van der Waals surface area contributed by atoms with E-state index in [1.807, 2.05) is 6.92 Å². The van der Waals surface area contributed by atoms with Crippen molar-refractivity contribution in [3.8, 4) is 11.5 Å². The van der Waals surface area contributed by atoms with Crippen LogP contribution in [-0.4, -0.2) is 24.5 Å². The van der Waals surface area contributed by atoms with Gasteiger partial charge in [0.1, 0.15) is 11.5 Å². The number of hydrogen-bond acceptors (Lipinski definition) is 4. The Labute approximate surface area is 140 Å². The molecule has 2 rings (SSSR count). The van der Waals surface area contributed by atoms with Crippen molar-refractivity contribution in [1.82, 2.24) is 0 Å². The molecule has 0 radical (unpaired) electrons. The fraction of sp³-hybridized carbons (Fsp3) is 0.222. The number of ether oxygens (including phenoxy) is 2. The van der Waals surface area contributed by atoms with Crippen molar-refractivity contribution in [2.75, 3.05) is 11.9 Å². The number of carbonyl (C=O) groups excluding carboxylic acids is 2. The highest BCUT2D eigenvalue weighted by Crippen LogP contribution is 2.17. The summed E-state index contributed by atoms with van der Waals surface area (Å²) in [5, 5.41) is 2.77. The number of anilines is 1. The number of nitrogens with two attached hydrogens (primary N) is 1. The molecule has 0 bridgehead atoms.